The predicted octanol–water partition coefficient (Wildman–Crippen LogP) is 5.42. The van der Waals surface area contributed by atoms with Crippen LogP contribution in [-0.4, -0.2) is 9.97 Å². The fourth-order valence-corrected chi connectivity index (χ4v) is 5.59. The number of hydrogen-bond acceptors (Lipinski definition) is 4. The number of aryl methyl sites for hydroxylation is 2. The van der Waals surface area contributed by atoms with Crippen molar-refractivity contribution in [2.24, 2.45) is 5.92 Å². The first kappa shape index (κ1) is 15.2. The van der Waals surface area contributed by atoms with Crippen LogP contribution in [0.1, 0.15) is 34.9 Å². The lowest BCUT2D eigenvalue weighted by Crippen LogP contribution is -2.08. The molecule has 0 bridgehead atoms. The molecule has 0 fully saturated rings. The van der Waals surface area contributed by atoms with E-state index in [1.54, 1.807) is 6.33 Å². The highest BCUT2D eigenvalue weighted by atomic mass is 32.2. The molecule has 23 heavy (non-hydrogen) atoms. The van der Waals surface area contributed by atoms with Crippen LogP contribution in [0.25, 0.3) is 10.2 Å². The summed E-state index contributed by atoms with van der Waals surface area (Å²) in [6, 6.07) is 8.79. The number of thiophene rings is 1. The van der Waals surface area contributed by atoms with E-state index in [0.717, 1.165) is 16.7 Å². The smallest absolute Gasteiger partial charge is 0.128 e. The second-order valence-corrected chi connectivity index (χ2v) is 8.53. The maximum absolute atomic E-state index is 4.60. The van der Waals surface area contributed by atoms with Gasteiger partial charge in [-0.3, -0.25) is 0 Å². The summed E-state index contributed by atoms with van der Waals surface area (Å²) in [6.07, 6.45) is 5.40. The lowest BCUT2D eigenvalue weighted by molar-refractivity contribution is 0.509. The molecule has 0 amide bonds. The molecule has 1 atom stereocenters. The van der Waals surface area contributed by atoms with Gasteiger partial charge in [0.2, 0.25) is 0 Å². The van der Waals surface area contributed by atoms with Crippen LogP contribution in [0.15, 0.2) is 35.6 Å². The molecule has 118 valence electrons. The Bertz CT molecular complexity index is 836. The summed E-state index contributed by atoms with van der Waals surface area (Å²) >= 11 is 3.72. The van der Waals surface area contributed by atoms with Crippen LogP contribution in [0.4, 0.5) is 0 Å². The zero-order valence-corrected chi connectivity index (χ0v) is 15.1. The summed E-state index contributed by atoms with van der Waals surface area (Å²) in [6.45, 7) is 4.48. The van der Waals surface area contributed by atoms with Crippen LogP contribution < -0.4 is 0 Å². The van der Waals surface area contributed by atoms with Gasteiger partial charge in [0.1, 0.15) is 16.2 Å². The SMILES string of the molecule is Cc1ccc(CSc2ncnc3sc4c(c23)CCC(C)C4)cc1. The van der Waals surface area contributed by atoms with Crippen LogP contribution in [0.2, 0.25) is 0 Å². The highest BCUT2D eigenvalue weighted by Gasteiger charge is 2.23. The number of nitrogens with zero attached hydrogens (tertiary/aromatic N) is 2. The molecule has 2 nitrogen and oxygen atoms in total. The molecule has 0 aliphatic heterocycles. The van der Waals surface area contributed by atoms with Crippen molar-refractivity contribution in [3.63, 3.8) is 0 Å². The third kappa shape index (κ3) is 3.02. The Hall–Kier alpha value is -1.39. The molecule has 2 heterocycles. The van der Waals surface area contributed by atoms with Crippen molar-refractivity contribution in [2.75, 3.05) is 0 Å². The van der Waals surface area contributed by atoms with Gasteiger partial charge in [0, 0.05) is 16.0 Å². The number of benzene rings is 1. The molecular weight excluding hydrogens is 320 g/mol. The van der Waals surface area contributed by atoms with Gasteiger partial charge in [0.25, 0.3) is 0 Å². The van der Waals surface area contributed by atoms with Gasteiger partial charge >= 0.3 is 0 Å². The monoisotopic (exact) mass is 340 g/mol. The van der Waals surface area contributed by atoms with E-state index in [2.05, 4.69) is 48.1 Å². The average Bonchev–Trinajstić information content (AvgIpc) is 2.92. The summed E-state index contributed by atoms with van der Waals surface area (Å²) in [5.41, 5.74) is 4.18. The molecule has 0 saturated heterocycles. The molecule has 0 radical (unpaired) electrons. The number of hydrogen-bond donors (Lipinski definition) is 0. The standard InChI is InChI=1S/C19H20N2S2/c1-12-3-6-14(7-4-12)10-22-18-17-15-8-5-13(2)9-16(15)23-19(17)21-11-20-18/h3-4,6-7,11,13H,5,8-10H2,1-2H3. The first-order chi connectivity index (χ1) is 11.2. The molecule has 0 spiro atoms. The topological polar surface area (TPSA) is 25.8 Å². The van der Waals surface area contributed by atoms with Crippen molar-refractivity contribution >= 4 is 33.3 Å². The highest BCUT2D eigenvalue weighted by Crippen LogP contribution is 2.40. The summed E-state index contributed by atoms with van der Waals surface area (Å²) in [4.78, 5) is 11.8. The van der Waals surface area contributed by atoms with Gasteiger partial charge < -0.3 is 0 Å². The van der Waals surface area contributed by atoms with Crippen molar-refractivity contribution in [3.05, 3.63) is 52.2 Å². The molecule has 4 heteroatoms. The van der Waals surface area contributed by atoms with Crippen molar-refractivity contribution in [3.8, 4) is 0 Å². The normalized spacial score (nSPS) is 17.4. The second-order valence-electron chi connectivity index (χ2n) is 6.49. The van der Waals surface area contributed by atoms with Crippen molar-refractivity contribution in [1.29, 1.82) is 0 Å². The van der Waals surface area contributed by atoms with Gasteiger partial charge in [0.05, 0.1) is 0 Å². The van der Waals surface area contributed by atoms with E-state index in [9.17, 15) is 0 Å². The Morgan fingerprint density at radius 1 is 1.22 bits per heavy atom. The van der Waals surface area contributed by atoms with Crippen molar-refractivity contribution in [2.45, 2.75) is 43.9 Å². The van der Waals surface area contributed by atoms with Crippen molar-refractivity contribution < 1.29 is 0 Å². The van der Waals surface area contributed by atoms with Gasteiger partial charge in [-0.25, -0.2) is 9.97 Å². The molecule has 1 aromatic carbocycles. The van der Waals surface area contributed by atoms with Crippen molar-refractivity contribution in [1.82, 2.24) is 9.97 Å². The summed E-state index contributed by atoms with van der Waals surface area (Å²) in [5, 5.41) is 2.49. The van der Waals surface area contributed by atoms with Gasteiger partial charge in [-0.15, -0.1) is 23.1 Å². The first-order valence-corrected chi connectivity index (χ1v) is 9.94. The molecule has 2 aromatic heterocycles. The lowest BCUT2D eigenvalue weighted by atomic mass is 9.89. The lowest BCUT2D eigenvalue weighted by Gasteiger charge is -2.18. The van der Waals surface area contributed by atoms with E-state index < -0.39 is 0 Å². The summed E-state index contributed by atoms with van der Waals surface area (Å²) in [5.74, 6) is 1.76. The number of rotatable bonds is 3. The Labute approximate surface area is 145 Å². The minimum atomic E-state index is 0.798. The third-order valence-corrected chi connectivity index (χ3v) is 6.78. The van der Waals surface area contributed by atoms with E-state index in [1.165, 1.54) is 51.0 Å². The van der Waals surface area contributed by atoms with E-state index in [0.29, 0.717) is 0 Å². The fourth-order valence-electron chi connectivity index (χ4n) is 3.19. The van der Waals surface area contributed by atoms with Gasteiger partial charge in [0.15, 0.2) is 0 Å². The average molecular weight is 341 g/mol. The molecule has 1 aliphatic rings. The van der Waals surface area contributed by atoms with Gasteiger partial charge in [-0.2, -0.15) is 0 Å². The molecule has 0 saturated carbocycles. The summed E-state index contributed by atoms with van der Waals surface area (Å²) in [7, 11) is 0. The minimum Gasteiger partial charge on any atom is -0.229 e. The van der Waals surface area contributed by atoms with Gasteiger partial charge in [-0.1, -0.05) is 36.8 Å². The van der Waals surface area contributed by atoms with E-state index >= 15 is 0 Å². The van der Waals surface area contributed by atoms with Crippen LogP contribution in [0.5, 0.6) is 0 Å². The summed E-state index contributed by atoms with van der Waals surface area (Å²) < 4.78 is 0. The maximum Gasteiger partial charge on any atom is 0.128 e. The third-order valence-electron chi connectivity index (χ3n) is 4.55. The van der Waals surface area contributed by atoms with Crippen LogP contribution >= 0.6 is 23.1 Å². The Morgan fingerprint density at radius 2 is 2.04 bits per heavy atom. The minimum absolute atomic E-state index is 0.798. The Morgan fingerprint density at radius 3 is 2.87 bits per heavy atom. The zero-order chi connectivity index (χ0) is 15.8. The number of aromatic nitrogens is 2. The molecular formula is C19H20N2S2. The predicted molar refractivity (Wildman–Crippen MR) is 99.3 cm³/mol. The molecule has 4 rings (SSSR count). The highest BCUT2D eigenvalue weighted by molar-refractivity contribution is 7.98. The fraction of sp³-hybridized carbons (Fsp3) is 0.368. The van der Waals surface area contributed by atoms with E-state index in [1.807, 2.05) is 23.1 Å². The molecule has 1 unspecified atom stereocenters. The van der Waals surface area contributed by atoms with E-state index in [-0.39, 0.29) is 0 Å². The molecule has 1 aliphatic carbocycles. The zero-order valence-electron chi connectivity index (χ0n) is 13.5. The van der Waals surface area contributed by atoms with Crippen LogP contribution in [-0.2, 0) is 18.6 Å². The Kier molecular flexibility index (Phi) is 4.12. The first-order valence-electron chi connectivity index (χ1n) is 8.14. The molecule has 0 N–H and O–H groups in total. The van der Waals surface area contributed by atoms with Crippen LogP contribution in [0.3, 0.4) is 0 Å². The van der Waals surface area contributed by atoms with Crippen LogP contribution in [0, 0.1) is 12.8 Å². The second kappa shape index (κ2) is 6.25. The quantitative estimate of drug-likeness (QED) is 0.470. The number of thioether (sulfide) groups is 1. The maximum atomic E-state index is 4.60. The Balaban J connectivity index is 1.66. The van der Waals surface area contributed by atoms with Gasteiger partial charge in [-0.05, 0) is 43.2 Å². The van der Waals surface area contributed by atoms with E-state index in [4.69, 9.17) is 0 Å². The number of fused-ring (bicyclic) bond motifs is 3. The molecule has 3 aromatic rings. The largest absolute Gasteiger partial charge is 0.229 e.